The van der Waals surface area contributed by atoms with E-state index in [1.54, 1.807) is 7.11 Å². The Kier molecular flexibility index (Phi) is 5.07. The smallest absolute Gasteiger partial charge is 0.129 e. The summed E-state index contributed by atoms with van der Waals surface area (Å²) in [6.07, 6.45) is 5.51. The first kappa shape index (κ1) is 13.9. The highest BCUT2D eigenvalue weighted by atomic mass is 32.1. The van der Waals surface area contributed by atoms with E-state index >= 15 is 0 Å². The van der Waals surface area contributed by atoms with Crippen LogP contribution in [0.4, 0.5) is 0 Å². The van der Waals surface area contributed by atoms with Crippen molar-refractivity contribution < 1.29 is 4.74 Å². The third-order valence-corrected chi connectivity index (χ3v) is 5.00. The van der Waals surface area contributed by atoms with Crippen LogP contribution in [0.5, 0.6) is 5.75 Å². The fourth-order valence-corrected chi connectivity index (χ4v) is 4.13. The Bertz CT molecular complexity index is 363. The summed E-state index contributed by atoms with van der Waals surface area (Å²) in [7, 11) is 1.75. The van der Waals surface area contributed by atoms with Crippen LogP contribution in [0.15, 0.2) is 11.4 Å². The van der Waals surface area contributed by atoms with Crippen LogP contribution in [0.1, 0.15) is 50.4 Å². The van der Waals surface area contributed by atoms with E-state index in [2.05, 4.69) is 30.6 Å². The first-order valence-corrected chi connectivity index (χ1v) is 7.98. The van der Waals surface area contributed by atoms with Gasteiger partial charge in [-0.2, -0.15) is 0 Å². The summed E-state index contributed by atoms with van der Waals surface area (Å²) in [6, 6.07) is 2.73. The molecule has 1 aromatic heterocycles. The molecular weight excluding hydrogens is 242 g/mol. The minimum atomic E-state index is 0.520. The lowest BCUT2D eigenvalue weighted by molar-refractivity contribution is 0.227. The fourth-order valence-electron chi connectivity index (χ4n) is 3.11. The van der Waals surface area contributed by atoms with Gasteiger partial charge in [0.05, 0.1) is 7.11 Å². The molecule has 3 unspecified atom stereocenters. The quantitative estimate of drug-likeness (QED) is 0.862. The topological polar surface area (TPSA) is 21.3 Å². The molecule has 0 aromatic carbocycles. The van der Waals surface area contributed by atoms with Gasteiger partial charge in [-0.1, -0.05) is 26.7 Å². The molecule has 1 aliphatic rings. The Labute approximate surface area is 115 Å². The molecule has 1 heterocycles. The van der Waals surface area contributed by atoms with E-state index in [-0.39, 0.29) is 0 Å². The van der Waals surface area contributed by atoms with Crippen molar-refractivity contribution in [2.45, 2.75) is 45.6 Å². The predicted octanol–water partition coefficient (Wildman–Crippen LogP) is 4.23. The average molecular weight is 267 g/mol. The van der Waals surface area contributed by atoms with E-state index in [0.29, 0.717) is 6.04 Å². The molecule has 1 N–H and O–H groups in total. The van der Waals surface area contributed by atoms with E-state index in [1.165, 1.54) is 30.6 Å². The number of hydrogen-bond acceptors (Lipinski definition) is 3. The summed E-state index contributed by atoms with van der Waals surface area (Å²) in [4.78, 5) is 1.44. The Morgan fingerprint density at radius 1 is 1.50 bits per heavy atom. The molecule has 18 heavy (non-hydrogen) atoms. The van der Waals surface area contributed by atoms with Crippen molar-refractivity contribution in [3.63, 3.8) is 0 Å². The molecule has 2 rings (SSSR count). The van der Waals surface area contributed by atoms with E-state index in [1.807, 2.05) is 11.3 Å². The molecule has 1 aromatic rings. The van der Waals surface area contributed by atoms with Gasteiger partial charge < -0.3 is 10.1 Å². The Morgan fingerprint density at radius 2 is 2.33 bits per heavy atom. The first-order chi connectivity index (χ1) is 8.74. The van der Waals surface area contributed by atoms with Gasteiger partial charge in [-0.05, 0) is 37.3 Å². The zero-order chi connectivity index (χ0) is 13.0. The van der Waals surface area contributed by atoms with Gasteiger partial charge in [0.15, 0.2) is 0 Å². The van der Waals surface area contributed by atoms with Crippen molar-refractivity contribution in [1.82, 2.24) is 5.32 Å². The van der Waals surface area contributed by atoms with Crippen molar-refractivity contribution in [2.24, 2.45) is 11.8 Å². The lowest BCUT2D eigenvalue weighted by atomic mass is 9.78. The van der Waals surface area contributed by atoms with Crippen LogP contribution in [0.25, 0.3) is 0 Å². The summed E-state index contributed by atoms with van der Waals surface area (Å²) in [5.41, 5.74) is 0. The van der Waals surface area contributed by atoms with Crippen LogP contribution in [0, 0.1) is 11.8 Å². The van der Waals surface area contributed by atoms with Gasteiger partial charge in [0.1, 0.15) is 5.75 Å². The van der Waals surface area contributed by atoms with Gasteiger partial charge in [0.25, 0.3) is 0 Å². The standard InChI is InChI=1S/C15H25NOS/c1-4-16-15(12-7-5-6-11(2)8-12)14-9-13(17-3)10-18-14/h9-12,15-16H,4-8H2,1-3H3. The van der Waals surface area contributed by atoms with Crippen molar-refractivity contribution in [2.75, 3.05) is 13.7 Å². The molecule has 0 amide bonds. The molecule has 1 fully saturated rings. The number of methoxy groups -OCH3 is 1. The van der Waals surface area contributed by atoms with Gasteiger partial charge in [0.2, 0.25) is 0 Å². The second kappa shape index (κ2) is 6.58. The number of ether oxygens (including phenoxy) is 1. The normalized spacial score (nSPS) is 25.9. The lowest BCUT2D eigenvalue weighted by Crippen LogP contribution is -2.30. The number of thiophene rings is 1. The number of rotatable bonds is 5. The van der Waals surface area contributed by atoms with E-state index in [9.17, 15) is 0 Å². The van der Waals surface area contributed by atoms with E-state index in [4.69, 9.17) is 4.74 Å². The highest BCUT2D eigenvalue weighted by Crippen LogP contribution is 2.39. The number of hydrogen-bond donors (Lipinski definition) is 1. The second-order valence-electron chi connectivity index (χ2n) is 5.46. The predicted molar refractivity (Wildman–Crippen MR) is 78.4 cm³/mol. The molecule has 3 heteroatoms. The average Bonchev–Trinajstić information content (AvgIpc) is 2.84. The van der Waals surface area contributed by atoms with Crippen molar-refractivity contribution in [1.29, 1.82) is 0 Å². The SMILES string of the molecule is CCNC(c1cc(OC)cs1)C1CCCC(C)C1. The van der Waals surface area contributed by atoms with Crippen LogP contribution in [-0.2, 0) is 0 Å². The molecule has 0 spiro atoms. The van der Waals surface area contributed by atoms with Crippen LogP contribution in [0.3, 0.4) is 0 Å². The molecule has 0 radical (unpaired) electrons. The van der Waals surface area contributed by atoms with Crippen LogP contribution in [-0.4, -0.2) is 13.7 Å². The van der Waals surface area contributed by atoms with Crippen LogP contribution < -0.4 is 10.1 Å². The van der Waals surface area contributed by atoms with Crippen molar-refractivity contribution >= 4 is 11.3 Å². The minimum Gasteiger partial charge on any atom is -0.496 e. The van der Waals surface area contributed by atoms with Gasteiger partial charge in [-0.25, -0.2) is 0 Å². The summed E-state index contributed by atoms with van der Waals surface area (Å²) in [5, 5.41) is 5.80. The lowest BCUT2D eigenvalue weighted by Gasteiger charge is -2.33. The van der Waals surface area contributed by atoms with Gasteiger partial charge in [-0.3, -0.25) is 0 Å². The summed E-state index contributed by atoms with van der Waals surface area (Å²) in [5.74, 6) is 2.67. The van der Waals surface area contributed by atoms with Crippen molar-refractivity contribution in [3.8, 4) is 5.75 Å². The van der Waals surface area contributed by atoms with Crippen LogP contribution in [0.2, 0.25) is 0 Å². The molecule has 0 aliphatic heterocycles. The molecular formula is C15H25NOS. The third-order valence-electron chi connectivity index (χ3n) is 4.01. The largest absolute Gasteiger partial charge is 0.496 e. The summed E-state index contributed by atoms with van der Waals surface area (Å²) >= 11 is 1.83. The monoisotopic (exact) mass is 267 g/mol. The maximum Gasteiger partial charge on any atom is 0.129 e. The molecule has 0 saturated heterocycles. The van der Waals surface area contributed by atoms with E-state index in [0.717, 1.165) is 24.1 Å². The third kappa shape index (κ3) is 3.27. The highest BCUT2D eigenvalue weighted by molar-refractivity contribution is 7.10. The summed E-state index contributed by atoms with van der Waals surface area (Å²) < 4.78 is 5.31. The highest BCUT2D eigenvalue weighted by Gasteiger charge is 2.28. The molecule has 1 aliphatic carbocycles. The second-order valence-corrected chi connectivity index (χ2v) is 6.40. The maximum absolute atomic E-state index is 5.31. The molecule has 2 nitrogen and oxygen atoms in total. The fraction of sp³-hybridized carbons (Fsp3) is 0.733. The van der Waals surface area contributed by atoms with Gasteiger partial charge in [-0.15, -0.1) is 11.3 Å². The Morgan fingerprint density at radius 3 is 2.94 bits per heavy atom. The zero-order valence-corrected chi connectivity index (χ0v) is 12.6. The van der Waals surface area contributed by atoms with Gasteiger partial charge >= 0.3 is 0 Å². The zero-order valence-electron chi connectivity index (χ0n) is 11.7. The Hall–Kier alpha value is -0.540. The summed E-state index contributed by atoms with van der Waals surface area (Å²) in [6.45, 7) is 5.63. The first-order valence-electron chi connectivity index (χ1n) is 7.10. The number of nitrogens with one attached hydrogen (secondary N) is 1. The van der Waals surface area contributed by atoms with Crippen molar-refractivity contribution in [3.05, 3.63) is 16.3 Å². The molecule has 102 valence electrons. The Balaban J connectivity index is 2.11. The molecule has 1 saturated carbocycles. The van der Waals surface area contributed by atoms with Crippen LogP contribution >= 0.6 is 11.3 Å². The molecule has 3 atom stereocenters. The molecule has 0 bridgehead atoms. The maximum atomic E-state index is 5.31. The van der Waals surface area contributed by atoms with Gasteiger partial charge in [0, 0.05) is 16.3 Å². The minimum absolute atomic E-state index is 0.520. The van der Waals surface area contributed by atoms with E-state index < -0.39 is 0 Å².